The van der Waals surface area contributed by atoms with Crippen LogP contribution >= 0.6 is 11.6 Å². The summed E-state index contributed by atoms with van der Waals surface area (Å²) < 4.78 is 11.1. The van der Waals surface area contributed by atoms with Crippen LogP contribution in [0, 0.1) is 11.3 Å². The first-order valence-electron chi connectivity index (χ1n) is 9.36. The maximum atomic E-state index is 12.9. The molecular formula is C21H27ClN2O3. The predicted octanol–water partition coefficient (Wildman–Crippen LogP) is 5.44. The number of nitrogens with zero attached hydrogens (tertiary/aromatic N) is 2. The van der Waals surface area contributed by atoms with Gasteiger partial charge in [-0.2, -0.15) is 4.98 Å². The third-order valence-corrected chi connectivity index (χ3v) is 4.99. The number of ether oxygens (including phenoxy) is 1. The molecule has 2 aromatic rings. The highest BCUT2D eigenvalue weighted by atomic mass is 35.5. The summed E-state index contributed by atoms with van der Waals surface area (Å²) in [6, 6.07) is 5.21. The number of carbonyl (C=O) groups excluding carboxylic acids is 1. The number of benzene rings is 1. The van der Waals surface area contributed by atoms with Crippen LogP contribution in [-0.4, -0.2) is 28.4 Å². The van der Waals surface area contributed by atoms with Crippen LogP contribution in [0.15, 0.2) is 34.4 Å². The molecule has 0 aliphatic heterocycles. The van der Waals surface area contributed by atoms with Gasteiger partial charge in [0.25, 0.3) is 5.91 Å². The van der Waals surface area contributed by atoms with Crippen molar-refractivity contribution in [2.24, 2.45) is 11.3 Å². The first-order valence-corrected chi connectivity index (χ1v) is 9.74. The zero-order valence-corrected chi connectivity index (χ0v) is 17.3. The normalized spacial score (nSPS) is 19.2. The van der Waals surface area contributed by atoms with Gasteiger partial charge >= 0.3 is 6.08 Å². The Balaban J connectivity index is 1.73. The van der Waals surface area contributed by atoms with Gasteiger partial charge in [0.05, 0.1) is 0 Å². The van der Waals surface area contributed by atoms with Gasteiger partial charge in [0.1, 0.15) is 5.52 Å². The number of oxazole rings is 1. The fourth-order valence-corrected chi connectivity index (χ4v) is 4.13. The molecule has 1 aromatic heterocycles. The van der Waals surface area contributed by atoms with Gasteiger partial charge in [-0.25, -0.2) is 0 Å². The van der Waals surface area contributed by atoms with Gasteiger partial charge in [-0.1, -0.05) is 38.4 Å². The molecule has 1 heterocycles. The molecule has 27 heavy (non-hydrogen) atoms. The molecule has 1 amide bonds. The maximum absolute atomic E-state index is 12.9. The Hall–Kier alpha value is -2.01. The molecular weight excluding hydrogens is 364 g/mol. The molecule has 1 aliphatic rings. The molecule has 0 saturated carbocycles. The summed E-state index contributed by atoms with van der Waals surface area (Å²) >= 11 is 5.96. The molecule has 1 aromatic carbocycles. The van der Waals surface area contributed by atoms with Crippen LogP contribution in [0.5, 0.6) is 6.08 Å². The monoisotopic (exact) mass is 390 g/mol. The van der Waals surface area contributed by atoms with Gasteiger partial charge in [0.2, 0.25) is 0 Å². The number of halogens is 1. The first-order chi connectivity index (χ1) is 12.6. The minimum absolute atomic E-state index is 0.0517. The highest BCUT2D eigenvalue weighted by Crippen LogP contribution is 2.39. The van der Waals surface area contributed by atoms with Crippen LogP contribution in [0.2, 0.25) is 5.02 Å². The van der Waals surface area contributed by atoms with E-state index in [4.69, 9.17) is 20.8 Å². The van der Waals surface area contributed by atoms with Gasteiger partial charge in [-0.05, 0) is 56.2 Å². The minimum atomic E-state index is -0.120. The maximum Gasteiger partial charge on any atom is 0.395 e. The summed E-state index contributed by atoms with van der Waals surface area (Å²) in [5.41, 5.74) is 2.44. The summed E-state index contributed by atoms with van der Waals surface area (Å²) in [4.78, 5) is 19.0. The van der Waals surface area contributed by atoms with Crippen molar-refractivity contribution in [2.75, 3.05) is 6.61 Å². The zero-order valence-electron chi connectivity index (χ0n) is 16.6. The van der Waals surface area contributed by atoms with E-state index in [9.17, 15) is 4.79 Å². The smallest absolute Gasteiger partial charge is 0.395 e. The Kier molecular flexibility index (Phi) is 5.52. The summed E-state index contributed by atoms with van der Waals surface area (Å²) in [6.45, 7) is 10.6. The second-order valence-electron chi connectivity index (χ2n) is 8.42. The van der Waals surface area contributed by atoms with Crippen molar-refractivity contribution >= 4 is 28.6 Å². The van der Waals surface area contributed by atoms with Crippen molar-refractivity contribution in [2.45, 2.75) is 53.5 Å². The SMILES string of the molecule is CC1C=C(N(C(=O)COc2nc3cc(Cl)ccc3o2)C(C)C)CC(C)(C)C1. The lowest BCUT2D eigenvalue weighted by Gasteiger charge is -2.39. The average molecular weight is 391 g/mol. The van der Waals surface area contributed by atoms with Gasteiger partial charge in [-0.15, -0.1) is 0 Å². The molecule has 5 nitrogen and oxygen atoms in total. The quantitative estimate of drug-likeness (QED) is 0.682. The van der Waals surface area contributed by atoms with Crippen molar-refractivity contribution in [1.29, 1.82) is 0 Å². The number of hydrogen-bond donors (Lipinski definition) is 0. The van der Waals surface area contributed by atoms with Crippen molar-refractivity contribution < 1.29 is 13.9 Å². The van der Waals surface area contributed by atoms with Crippen LogP contribution in [0.4, 0.5) is 0 Å². The lowest BCUT2D eigenvalue weighted by molar-refractivity contribution is -0.133. The third-order valence-electron chi connectivity index (χ3n) is 4.75. The predicted molar refractivity (Wildman–Crippen MR) is 107 cm³/mol. The molecule has 1 aliphatic carbocycles. The topological polar surface area (TPSA) is 55.6 Å². The molecule has 1 atom stereocenters. The lowest BCUT2D eigenvalue weighted by atomic mass is 9.75. The standard InChI is InChI=1S/C21H27ClN2O3/c1-13(2)24(16-8-14(3)10-21(4,5)11-16)19(25)12-26-20-23-17-9-15(22)6-7-18(17)27-20/h6-9,13-14H,10-12H2,1-5H3. The number of aromatic nitrogens is 1. The van der Waals surface area contributed by atoms with Gasteiger partial charge in [0.15, 0.2) is 12.2 Å². The molecule has 146 valence electrons. The summed E-state index contributed by atoms with van der Waals surface area (Å²) in [5, 5.41) is 0.574. The number of allylic oxidation sites excluding steroid dienone is 2. The molecule has 0 radical (unpaired) electrons. The molecule has 1 unspecified atom stereocenters. The largest absolute Gasteiger partial charge is 0.440 e. The number of carbonyl (C=O) groups is 1. The van der Waals surface area contributed by atoms with E-state index >= 15 is 0 Å². The second kappa shape index (κ2) is 7.55. The fraction of sp³-hybridized carbons (Fsp3) is 0.524. The molecule has 0 saturated heterocycles. The van der Waals surface area contributed by atoms with Crippen molar-refractivity contribution in [3.05, 3.63) is 35.0 Å². The average Bonchev–Trinajstić information content (AvgIpc) is 2.92. The van der Waals surface area contributed by atoms with Crippen LogP contribution in [0.1, 0.15) is 47.5 Å². The number of fused-ring (bicyclic) bond motifs is 1. The third kappa shape index (κ3) is 4.64. The molecule has 0 bridgehead atoms. The van der Waals surface area contributed by atoms with E-state index < -0.39 is 0 Å². The molecule has 0 spiro atoms. The first kappa shape index (κ1) is 19.7. The number of amides is 1. The van der Waals surface area contributed by atoms with Crippen molar-refractivity contribution in [1.82, 2.24) is 9.88 Å². The van der Waals surface area contributed by atoms with Gasteiger partial charge in [-0.3, -0.25) is 4.79 Å². The lowest BCUT2D eigenvalue weighted by Crippen LogP contribution is -2.42. The van der Waals surface area contributed by atoms with Crippen molar-refractivity contribution in [3.63, 3.8) is 0 Å². The molecule has 6 heteroatoms. The Labute approximate surface area is 165 Å². The van der Waals surface area contributed by atoms with Crippen LogP contribution < -0.4 is 4.74 Å². The Bertz CT molecular complexity index is 869. The highest BCUT2D eigenvalue weighted by molar-refractivity contribution is 6.31. The number of rotatable bonds is 5. The molecule has 0 fully saturated rings. The van der Waals surface area contributed by atoms with Crippen LogP contribution in [-0.2, 0) is 4.79 Å². The van der Waals surface area contributed by atoms with Gasteiger partial charge in [0, 0.05) is 16.8 Å². The summed E-state index contributed by atoms with van der Waals surface area (Å²) in [7, 11) is 0. The molecule has 0 N–H and O–H groups in total. The summed E-state index contributed by atoms with van der Waals surface area (Å²) in [5.74, 6) is 0.349. The fourth-order valence-electron chi connectivity index (χ4n) is 3.96. The molecule has 3 rings (SSSR count). The minimum Gasteiger partial charge on any atom is -0.440 e. The van der Waals surface area contributed by atoms with E-state index in [0.717, 1.165) is 18.5 Å². The number of hydrogen-bond acceptors (Lipinski definition) is 4. The van der Waals surface area contributed by atoms with E-state index in [1.807, 2.05) is 18.7 Å². The van der Waals surface area contributed by atoms with Crippen LogP contribution in [0.3, 0.4) is 0 Å². The van der Waals surface area contributed by atoms with E-state index in [1.54, 1.807) is 18.2 Å². The van der Waals surface area contributed by atoms with Gasteiger partial charge < -0.3 is 14.1 Å². The van der Waals surface area contributed by atoms with E-state index in [0.29, 0.717) is 22.0 Å². The van der Waals surface area contributed by atoms with E-state index in [1.165, 1.54) is 0 Å². The van der Waals surface area contributed by atoms with Crippen LogP contribution in [0.25, 0.3) is 11.1 Å². The summed E-state index contributed by atoms with van der Waals surface area (Å²) in [6.07, 6.45) is 4.29. The Morgan fingerprint density at radius 3 is 2.85 bits per heavy atom. The van der Waals surface area contributed by atoms with E-state index in [2.05, 4.69) is 31.8 Å². The van der Waals surface area contributed by atoms with E-state index in [-0.39, 0.29) is 30.0 Å². The second-order valence-corrected chi connectivity index (χ2v) is 8.85. The Morgan fingerprint density at radius 1 is 1.44 bits per heavy atom. The highest BCUT2D eigenvalue weighted by Gasteiger charge is 2.32. The Morgan fingerprint density at radius 2 is 2.19 bits per heavy atom. The zero-order chi connectivity index (χ0) is 19.8. The van der Waals surface area contributed by atoms with Crippen molar-refractivity contribution in [3.8, 4) is 6.08 Å².